The first-order valence-electron chi connectivity index (χ1n) is 7.23. The molecule has 0 spiro atoms. The predicted octanol–water partition coefficient (Wildman–Crippen LogP) is 4.74. The van der Waals surface area contributed by atoms with Crippen LogP contribution in [-0.2, 0) is 6.42 Å². The van der Waals surface area contributed by atoms with E-state index in [0.717, 1.165) is 23.0 Å². The summed E-state index contributed by atoms with van der Waals surface area (Å²) in [7, 11) is 0. The zero-order chi connectivity index (χ0) is 15.3. The van der Waals surface area contributed by atoms with Crippen molar-refractivity contribution in [3.63, 3.8) is 0 Å². The van der Waals surface area contributed by atoms with Crippen molar-refractivity contribution in [3.8, 4) is 0 Å². The summed E-state index contributed by atoms with van der Waals surface area (Å²) >= 11 is 0. The second-order valence-electron chi connectivity index (χ2n) is 5.74. The van der Waals surface area contributed by atoms with Crippen LogP contribution in [0.3, 0.4) is 0 Å². The molecule has 0 amide bonds. The Hall–Kier alpha value is -1.49. The van der Waals surface area contributed by atoms with Gasteiger partial charge in [-0.05, 0) is 32.3 Å². The third-order valence-electron chi connectivity index (χ3n) is 4.26. The third kappa shape index (κ3) is 2.33. The Morgan fingerprint density at radius 2 is 1.95 bits per heavy atom. The van der Waals surface area contributed by atoms with Crippen LogP contribution in [0.5, 0.6) is 0 Å². The zero-order valence-corrected chi connectivity index (χ0v) is 12.1. The highest BCUT2D eigenvalue weighted by Crippen LogP contribution is 2.50. The van der Waals surface area contributed by atoms with E-state index in [0.29, 0.717) is 5.76 Å². The Labute approximate surface area is 121 Å². The van der Waals surface area contributed by atoms with E-state index >= 15 is 0 Å². The van der Waals surface area contributed by atoms with Crippen LogP contribution in [0.25, 0.3) is 11.0 Å². The first-order valence-corrected chi connectivity index (χ1v) is 7.23. The second kappa shape index (κ2) is 4.77. The number of alkyl halides is 3. The third-order valence-corrected chi connectivity index (χ3v) is 4.26. The lowest BCUT2D eigenvalue weighted by Crippen LogP contribution is -2.46. The van der Waals surface area contributed by atoms with Crippen LogP contribution in [0, 0.1) is 0 Å². The van der Waals surface area contributed by atoms with E-state index in [1.165, 1.54) is 0 Å². The predicted molar refractivity (Wildman–Crippen MR) is 75.2 cm³/mol. The largest absolute Gasteiger partial charge is 0.459 e. The maximum Gasteiger partial charge on any atom is 0.406 e. The number of fused-ring (bicyclic) bond motifs is 1. The molecule has 1 fully saturated rings. The minimum Gasteiger partial charge on any atom is -0.459 e. The number of para-hydroxylation sites is 1. The fraction of sp³-hybridized carbons (Fsp3) is 0.500. The minimum atomic E-state index is -4.21. The van der Waals surface area contributed by atoms with Crippen molar-refractivity contribution in [2.45, 2.75) is 50.9 Å². The highest BCUT2D eigenvalue weighted by atomic mass is 19.4. The summed E-state index contributed by atoms with van der Waals surface area (Å²) in [6.07, 6.45) is -3.19. The van der Waals surface area contributed by atoms with Crippen LogP contribution in [0.4, 0.5) is 13.2 Å². The van der Waals surface area contributed by atoms with Crippen molar-refractivity contribution in [2.75, 3.05) is 0 Å². The van der Waals surface area contributed by atoms with Gasteiger partial charge < -0.3 is 4.42 Å². The summed E-state index contributed by atoms with van der Waals surface area (Å²) in [5.74, 6) is 0.620. The van der Waals surface area contributed by atoms with Gasteiger partial charge in [-0.3, -0.25) is 5.32 Å². The molecule has 1 saturated carbocycles. The number of rotatable bonds is 4. The summed E-state index contributed by atoms with van der Waals surface area (Å²) < 4.78 is 45.0. The van der Waals surface area contributed by atoms with Crippen LogP contribution in [0.2, 0.25) is 0 Å². The van der Waals surface area contributed by atoms with E-state index in [4.69, 9.17) is 4.42 Å². The van der Waals surface area contributed by atoms with Crippen molar-refractivity contribution in [1.29, 1.82) is 0 Å². The van der Waals surface area contributed by atoms with Crippen molar-refractivity contribution >= 4 is 11.0 Å². The molecule has 0 aliphatic heterocycles. The Balaban J connectivity index is 1.93. The Bertz CT molecular complexity index is 655. The Morgan fingerprint density at radius 1 is 1.29 bits per heavy atom. The number of nitrogens with one attached hydrogen (secondary N) is 1. The van der Waals surface area contributed by atoms with E-state index in [-0.39, 0.29) is 12.8 Å². The van der Waals surface area contributed by atoms with Crippen LogP contribution in [0.1, 0.15) is 44.1 Å². The van der Waals surface area contributed by atoms with Crippen molar-refractivity contribution in [3.05, 3.63) is 35.6 Å². The molecule has 0 saturated heterocycles. The highest BCUT2D eigenvalue weighted by molar-refractivity contribution is 5.82. The van der Waals surface area contributed by atoms with Crippen molar-refractivity contribution < 1.29 is 17.6 Å². The lowest BCUT2D eigenvalue weighted by atomic mass is 10.0. The SMILES string of the molecule is CCc1c(C(C)NC2(C(F)(F)F)CC2)oc2ccccc12. The van der Waals surface area contributed by atoms with Gasteiger partial charge >= 0.3 is 6.18 Å². The molecule has 114 valence electrons. The molecule has 1 aliphatic carbocycles. The van der Waals surface area contributed by atoms with Gasteiger partial charge in [-0.1, -0.05) is 25.1 Å². The Morgan fingerprint density at radius 3 is 2.52 bits per heavy atom. The number of benzene rings is 1. The van der Waals surface area contributed by atoms with Gasteiger partial charge in [-0.15, -0.1) is 0 Å². The maximum absolute atomic E-state index is 13.1. The maximum atomic E-state index is 13.1. The quantitative estimate of drug-likeness (QED) is 0.881. The van der Waals surface area contributed by atoms with E-state index in [1.807, 2.05) is 31.2 Å². The van der Waals surface area contributed by atoms with Gasteiger partial charge in [0.25, 0.3) is 0 Å². The van der Waals surface area contributed by atoms with Gasteiger partial charge in [0.15, 0.2) is 0 Å². The molecule has 1 heterocycles. The average Bonchev–Trinajstić information content (AvgIpc) is 3.12. The normalized spacial score (nSPS) is 18.9. The number of hydrogen-bond donors (Lipinski definition) is 1. The molecule has 2 nitrogen and oxygen atoms in total. The standard InChI is InChI=1S/C16H18F3NO/c1-3-11-12-6-4-5-7-13(12)21-14(11)10(2)20-15(8-9-15)16(17,18)19/h4-7,10,20H,3,8-9H2,1-2H3. The van der Waals surface area contributed by atoms with Gasteiger partial charge in [0.1, 0.15) is 16.9 Å². The molecule has 1 aromatic carbocycles. The van der Waals surface area contributed by atoms with Gasteiger partial charge in [0.2, 0.25) is 0 Å². The molecular weight excluding hydrogens is 279 g/mol. The molecule has 1 atom stereocenters. The van der Waals surface area contributed by atoms with Crippen molar-refractivity contribution in [2.24, 2.45) is 0 Å². The van der Waals surface area contributed by atoms with E-state index in [2.05, 4.69) is 5.32 Å². The van der Waals surface area contributed by atoms with Crippen LogP contribution in [0.15, 0.2) is 28.7 Å². The number of hydrogen-bond acceptors (Lipinski definition) is 2. The molecule has 1 unspecified atom stereocenters. The summed E-state index contributed by atoms with van der Waals surface area (Å²) in [5.41, 5.74) is -0.00502. The first-order chi connectivity index (χ1) is 9.88. The smallest absolute Gasteiger partial charge is 0.406 e. The zero-order valence-electron chi connectivity index (χ0n) is 12.1. The second-order valence-corrected chi connectivity index (χ2v) is 5.74. The molecule has 1 aliphatic rings. The van der Waals surface area contributed by atoms with Gasteiger partial charge in [-0.2, -0.15) is 13.2 Å². The summed E-state index contributed by atoms with van der Waals surface area (Å²) in [6.45, 7) is 3.73. The van der Waals surface area contributed by atoms with E-state index in [1.54, 1.807) is 6.92 Å². The molecule has 0 radical (unpaired) electrons. The Kier molecular flexibility index (Phi) is 3.28. The molecule has 1 aromatic heterocycles. The fourth-order valence-corrected chi connectivity index (χ4v) is 2.95. The fourth-order valence-electron chi connectivity index (χ4n) is 2.95. The van der Waals surface area contributed by atoms with Gasteiger partial charge in [-0.25, -0.2) is 0 Å². The summed E-state index contributed by atoms with van der Waals surface area (Å²) in [6, 6.07) is 7.12. The summed E-state index contributed by atoms with van der Waals surface area (Å²) in [4.78, 5) is 0. The van der Waals surface area contributed by atoms with Crippen molar-refractivity contribution in [1.82, 2.24) is 5.32 Å². The number of furan rings is 1. The lowest BCUT2D eigenvalue weighted by Gasteiger charge is -2.24. The van der Waals surface area contributed by atoms with Gasteiger partial charge in [0.05, 0.1) is 6.04 Å². The molecule has 3 rings (SSSR count). The average molecular weight is 297 g/mol. The molecule has 0 bridgehead atoms. The van der Waals surface area contributed by atoms with Crippen LogP contribution >= 0.6 is 0 Å². The molecule has 1 N–H and O–H groups in total. The molecular formula is C16H18F3NO. The monoisotopic (exact) mass is 297 g/mol. The molecule has 21 heavy (non-hydrogen) atoms. The number of aryl methyl sites for hydroxylation is 1. The molecule has 2 aromatic rings. The van der Waals surface area contributed by atoms with Crippen LogP contribution in [-0.4, -0.2) is 11.7 Å². The minimum absolute atomic E-state index is 0.141. The number of halogens is 3. The van der Waals surface area contributed by atoms with Gasteiger partial charge in [0, 0.05) is 10.9 Å². The topological polar surface area (TPSA) is 25.2 Å². The molecule has 5 heteroatoms. The van der Waals surface area contributed by atoms with Crippen LogP contribution < -0.4 is 5.32 Å². The first kappa shape index (κ1) is 14.4. The van der Waals surface area contributed by atoms with E-state index < -0.39 is 17.8 Å². The summed E-state index contributed by atoms with van der Waals surface area (Å²) in [5, 5.41) is 3.73. The highest BCUT2D eigenvalue weighted by Gasteiger charge is 2.63. The van der Waals surface area contributed by atoms with E-state index in [9.17, 15) is 13.2 Å². The lowest BCUT2D eigenvalue weighted by molar-refractivity contribution is -0.168.